The minimum atomic E-state index is -0.494. The van der Waals surface area contributed by atoms with Crippen molar-refractivity contribution in [1.29, 1.82) is 0 Å². The summed E-state index contributed by atoms with van der Waals surface area (Å²) in [7, 11) is 0. The average molecular weight is 359 g/mol. The molecule has 0 N–H and O–H groups in total. The van der Waals surface area contributed by atoms with E-state index in [9.17, 15) is 4.79 Å². The molecule has 3 aromatic rings. The number of hydrogen-bond acceptors (Lipinski definition) is 7. The molecule has 0 saturated heterocycles. The van der Waals surface area contributed by atoms with Crippen molar-refractivity contribution < 1.29 is 23.4 Å². The number of benzene rings is 1. The fraction of sp³-hybridized carbons (Fsp3) is 0.222. The molecular weight excluding hydrogens is 342 g/mol. The minimum Gasteiger partial charge on any atom is -0.490 e. The molecule has 7 heteroatoms. The van der Waals surface area contributed by atoms with Crippen molar-refractivity contribution in [2.45, 2.75) is 13.5 Å². The van der Waals surface area contributed by atoms with Crippen LogP contribution in [0.15, 0.2) is 52.5 Å². The zero-order valence-electron chi connectivity index (χ0n) is 13.6. The second-order valence-electron chi connectivity index (χ2n) is 4.95. The van der Waals surface area contributed by atoms with Crippen molar-refractivity contribution >= 4 is 17.3 Å². The van der Waals surface area contributed by atoms with Crippen LogP contribution in [0.1, 0.15) is 12.6 Å². The van der Waals surface area contributed by atoms with Crippen molar-refractivity contribution in [3.05, 3.63) is 53.7 Å². The molecule has 0 aliphatic rings. The lowest BCUT2D eigenvalue weighted by Crippen LogP contribution is -2.15. The number of hydrogen-bond donors (Lipinski definition) is 0. The van der Waals surface area contributed by atoms with Crippen molar-refractivity contribution in [1.82, 2.24) is 4.98 Å². The highest BCUT2D eigenvalue weighted by molar-refractivity contribution is 7.13. The molecule has 0 spiro atoms. The first-order valence-corrected chi connectivity index (χ1v) is 8.62. The molecule has 0 radical (unpaired) electrons. The summed E-state index contributed by atoms with van der Waals surface area (Å²) in [6.07, 6.45) is 1.48. The van der Waals surface area contributed by atoms with Gasteiger partial charge in [0, 0.05) is 0 Å². The highest BCUT2D eigenvalue weighted by Gasteiger charge is 2.11. The molecule has 0 unspecified atom stereocenters. The van der Waals surface area contributed by atoms with Gasteiger partial charge in [-0.1, -0.05) is 18.2 Å². The van der Waals surface area contributed by atoms with Crippen LogP contribution >= 0.6 is 11.3 Å². The Labute approximate surface area is 149 Å². The number of rotatable bonds is 8. The van der Waals surface area contributed by atoms with Gasteiger partial charge in [0.25, 0.3) is 0 Å². The van der Waals surface area contributed by atoms with E-state index in [4.69, 9.17) is 18.6 Å². The van der Waals surface area contributed by atoms with E-state index < -0.39 is 5.97 Å². The van der Waals surface area contributed by atoms with Crippen molar-refractivity contribution in [2.75, 3.05) is 13.2 Å². The topological polar surface area (TPSA) is 70.8 Å². The monoisotopic (exact) mass is 359 g/mol. The van der Waals surface area contributed by atoms with Gasteiger partial charge in [0.2, 0.25) is 5.89 Å². The van der Waals surface area contributed by atoms with Gasteiger partial charge in [0.05, 0.1) is 11.5 Å². The van der Waals surface area contributed by atoms with Gasteiger partial charge in [-0.2, -0.15) is 0 Å². The molecule has 0 aliphatic carbocycles. The fourth-order valence-corrected chi connectivity index (χ4v) is 2.72. The van der Waals surface area contributed by atoms with Crippen LogP contribution in [0.3, 0.4) is 0 Å². The van der Waals surface area contributed by atoms with Gasteiger partial charge in [-0.3, -0.25) is 0 Å². The van der Waals surface area contributed by atoms with Gasteiger partial charge in [-0.15, -0.1) is 11.3 Å². The van der Waals surface area contributed by atoms with E-state index in [1.807, 2.05) is 36.6 Å². The van der Waals surface area contributed by atoms with Gasteiger partial charge in [-0.05, 0) is 30.5 Å². The lowest BCUT2D eigenvalue weighted by atomic mass is 10.3. The molecule has 6 nitrogen and oxygen atoms in total. The first-order chi connectivity index (χ1) is 12.3. The number of nitrogens with zero attached hydrogens (tertiary/aromatic N) is 1. The van der Waals surface area contributed by atoms with E-state index in [0.717, 1.165) is 4.88 Å². The maximum Gasteiger partial charge on any atom is 0.344 e. The Kier molecular flexibility index (Phi) is 5.69. The Morgan fingerprint density at radius 1 is 1.16 bits per heavy atom. The number of para-hydroxylation sites is 2. The Balaban J connectivity index is 1.49. The van der Waals surface area contributed by atoms with Crippen LogP contribution in [0.5, 0.6) is 11.5 Å². The maximum absolute atomic E-state index is 11.8. The van der Waals surface area contributed by atoms with Gasteiger partial charge in [0.15, 0.2) is 18.1 Å². The lowest BCUT2D eigenvalue weighted by Gasteiger charge is -2.10. The zero-order valence-corrected chi connectivity index (χ0v) is 14.5. The van der Waals surface area contributed by atoms with Crippen molar-refractivity contribution in [2.24, 2.45) is 0 Å². The van der Waals surface area contributed by atoms with Crippen LogP contribution < -0.4 is 9.47 Å². The summed E-state index contributed by atoms with van der Waals surface area (Å²) in [5, 5.41) is 1.94. The smallest absolute Gasteiger partial charge is 0.344 e. The molecule has 25 heavy (non-hydrogen) atoms. The van der Waals surface area contributed by atoms with Crippen LogP contribution in [-0.4, -0.2) is 24.2 Å². The molecule has 0 amide bonds. The molecule has 1 aromatic carbocycles. The molecule has 0 aliphatic heterocycles. The largest absolute Gasteiger partial charge is 0.490 e. The number of aromatic nitrogens is 1. The molecule has 2 aromatic heterocycles. The maximum atomic E-state index is 11.8. The van der Waals surface area contributed by atoms with Gasteiger partial charge >= 0.3 is 5.97 Å². The first kappa shape index (κ1) is 17.0. The van der Waals surface area contributed by atoms with E-state index in [0.29, 0.717) is 29.7 Å². The predicted molar refractivity (Wildman–Crippen MR) is 92.7 cm³/mol. The van der Waals surface area contributed by atoms with E-state index in [1.54, 1.807) is 12.1 Å². The third-order valence-corrected chi connectivity index (χ3v) is 4.02. The van der Waals surface area contributed by atoms with E-state index in [-0.39, 0.29) is 13.2 Å². The van der Waals surface area contributed by atoms with Crippen molar-refractivity contribution in [3.63, 3.8) is 0 Å². The molecule has 0 fully saturated rings. The van der Waals surface area contributed by atoms with Crippen LogP contribution in [0.25, 0.3) is 10.8 Å². The number of esters is 1. The number of thiophene rings is 1. The highest BCUT2D eigenvalue weighted by atomic mass is 32.1. The number of ether oxygens (including phenoxy) is 3. The first-order valence-electron chi connectivity index (χ1n) is 7.74. The Morgan fingerprint density at radius 2 is 1.96 bits per heavy atom. The number of oxazole rings is 1. The fourth-order valence-electron chi connectivity index (χ4n) is 2.06. The SMILES string of the molecule is CCOc1ccccc1OCC(=O)OCc1coc(-c2cccs2)n1. The summed E-state index contributed by atoms with van der Waals surface area (Å²) in [5.41, 5.74) is 0.548. The lowest BCUT2D eigenvalue weighted by molar-refractivity contribution is -0.147. The van der Waals surface area contributed by atoms with Gasteiger partial charge < -0.3 is 18.6 Å². The summed E-state index contributed by atoms with van der Waals surface area (Å²) in [6.45, 7) is 2.22. The second-order valence-corrected chi connectivity index (χ2v) is 5.90. The standard InChI is InChI=1S/C18H17NO5S/c1-2-21-14-6-3-4-7-15(14)22-12-17(20)23-10-13-11-24-18(19-13)16-8-5-9-25-16/h3-9,11H,2,10,12H2,1H3. The zero-order chi connectivity index (χ0) is 17.5. The predicted octanol–water partition coefficient (Wildman–Crippen LogP) is 3.92. The Morgan fingerprint density at radius 3 is 2.68 bits per heavy atom. The average Bonchev–Trinajstić information content (AvgIpc) is 3.31. The van der Waals surface area contributed by atoms with Crippen LogP contribution in [0, 0.1) is 0 Å². The third-order valence-electron chi connectivity index (χ3n) is 3.16. The summed E-state index contributed by atoms with van der Waals surface area (Å²) in [6, 6.07) is 11.0. The van der Waals surface area contributed by atoms with Crippen LogP contribution in [0.4, 0.5) is 0 Å². The third kappa shape index (κ3) is 4.60. The van der Waals surface area contributed by atoms with Crippen LogP contribution in [-0.2, 0) is 16.1 Å². The molecule has 2 heterocycles. The summed E-state index contributed by atoms with van der Waals surface area (Å²) < 4.78 is 21.4. The number of carbonyl (C=O) groups is 1. The molecule has 130 valence electrons. The number of carbonyl (C=O) groups excluding carboxylic acids is 1. The highest BCUT2D eigenvalue weighted by Crippen LogP contribution is 2.26. The minimum absolute atomic E-state index is 0.0319. The molecular formula is C18H17NO5S. The second kappa shape index (κ2) is 8.34. The summed E-state index contributed by atoms with van der Waals surface area (Å²) in [4.78, 5) is 17.1. The van der Waals surface area contributed by atoms with E-state index in [2.05, 4.69) is 4.98 Å². The molecule has 3 rings (SSSR count). The molecule has 0 atom stereocenters. The Hall–Kier alpha value is -2.80. The van der Waals surface area contributed by atoms with Crippen molar-refractivity contribution in [3.8, 4) is 22.3 Å². The van der Waals surface area contributed by atoms with E-state index >= 15 is 0 Å². The Bertz CT molecular complexity index is 813. The normalized spacial score (nSPS) is 10.4. The quantitative estimate of drug-likeness (QED) is 0.568. The summed E-state index contributed by atoms with van der Waals surface area (Å²) in [5.74, 6) is 1.12. The van der Waals surface area contributed by atoms with Gasteiger partial charge in [0.1, 0.15) is 18.6 Å². The van der Waals surface area contributed by atoms with Gasteiger partial charge in [-0.25, -0.2) is 9.78 Å². The molecule has 0 bridgehead atoms. The van der Waals surface area contributed by atoms with Crippen LogP contribution in [0.2, 0.25) is 0 Å². The summed E-state index contributed by atoms with van der Waals surface area (Å²) >= 11 is 1.53. The molecule has 0 saturated carbocycles. The van der Waals surface area contributed by atoms with E-state index in [1.165, 1.54) is 17.6 Å².